The minimum atomic E-state index is 0.462. The number of aliphatic imine (C=N–C) groups is 1. The summed E-state index contributed by atoms with van der Waals surface area (Å²) >= 11 is 0. The van der Waals surface area contributed by atoms with Gasteiger partial charge in [0.1, 0.15) is 5.75 Å². The van der Waals surface area contributed by atoms with Crippen LogP contribution in [0.15, 0.2) is 53.7 Å². The second-order valence-corrected chi connectivity index (χ2v) is 8.61. The normalized spacial score (nSPS) is 15.8. The molecule has 31 heavy (non-hydrogen) atoms. The van der Waals surface area contributed by atoms with Crippen LogP contribution in [0.25, 0.3) is 0 Å². The molecule has 6 heteroatoms. The Morgan fingerprint density at radius 3 is 2.58 bits per heavy atom. The number of likely N-dealkylation sites (tertiary alicyclic amines) is 1. The van der Waals surface area contributed by atoms with Crippen molar-refractivity contribution in [1.82, 2.24) is 20.5 Å². The molecule has 1 aromatic heterocycles. The van der Waals surface area contributed by atoms with Gasteiger partial charge in [-0.05, 0) is 55.0 Å². The van der Waals surface area contributed by atoms with Crippen LogP contribution < -0.4 is 15.4 Å². The van der Waals surface area contributed by atoms with E-state index in [9.17, 15) is 0 Å². The molecular formula is C25H37N5O. The van der Waals surface area contributed by atoms with Crippen molar-refractivity contribution >= 4 is 5.96 Å². The molecule has 0 spiro atoms. The highest BCUT2D eigenvalue weighted by Gasteiger charge is 2.20. The Bertz CT molecular complexity index is 783. The van der Waals surface area contributed by atoms with Gasteiger partial charge in [-0.3, -0.25) is 14.9 Å². The zero-order valence-electron chi connectivity index (χ0n) is 19.2. The molecule has 0 atom stereocenters. The zero-order chi connectivity index (χ0) is 21.9. The number of hydrogen-bond acceptors (Lipinski definition) is 4. The number of guanidine groups is 1. The fourth-order valence-electron chi connectivity index (χ4n) is 3.68. The summed E-state index contributed by atoms with van der Waals surface area (Å²) < 4.78 is 5.76. The molecule has 2 N–H and O–H groups in total. The van der Waals surface area contributed by atoms with E-state index in [4.69, 9.17) is 4.74 Å². The molecule has 2 aromatic rings. The molecule has 1 aromatic carbocycles. The Balaban J connectivity index is 1.34. The van der Waals surface area contributed by atoms with Crippen molar-refractivity contribution in [2.75, 3.05) is 33.3 Å². The van der Waals surface area contributed by atoms with Crippen molar-refractivity contribution in [2.45, 2.75) is 45.7 Å². The summed E-state index contributed by atoms with van der Waals surface area (Å²) in [6.45, 7) is 9.02. The minimum Gasteiger partial charge on any atom is -0.493 e. The summed E-state index contributed by atoms with van der Waals surface area (Å²) in [6, 6.07) is 15.0. The van der Waals surface area contributed by atoms with E-state index in [1.54, 1.807) is 0 Å². The quantitative estimate of drug-likeness (QED) is 0.478. The van der Waals surface area contributed by atoms with E-state index < -0.39 is 0 Å². The highest BCUT2D eigenvalue weighted by molar-refractivity contribution is 5.79. The maximum absolute atomic E-state index is 5.76. The van der Waals surface area contributed by atoms with Gasteiger partial charge in [-0.25, -0.2) is 0 Å². The first kappa shape index (κ1) is 23.1. The molecule has 0 aliphatic carbocycles. The van der Waals surface area contributed by atoms with Gasteiger partial charge >= 0.3 is 0 Å². The Hall–Kier alpha value is -2.60. The van der Waals surface area contributed by atoms with Crippen LogP contribution in [0.3, 0.4) is 0 Å². The topological polar surface area (TPSA) is 61.8 Å². The van der Waals surface area contributed by atoms with Crippen molar-refractivity contribution in [3.8, 4) is 5.75 Å². The summed E-state index contributed by atoms with van der Waals surface area (Å²) in [5.74, 6) is 2.37. The molecule has 1 saturated heterocycles. The number of pyridine rings is 1. The predicted molar refractivity (Wildman–Crippen MR) is 128 cm³/mol. The lowest BCUT2D eigenvalue weighted by Crippen LogP contribution is -2.48. The van der Waals surface area contributed by atoms with Gasteiger partial charge in [0.2, 0.25) is 0 Å². The van der Waals surface area contributed by atoms with Crippen molar-refractivity contribution in [1.29, 1.82) is 0 Å². The second kappa shape index (κ2) is 12.3. The third-order valence-corrected chi connectivity index (χ3v) is 5.48. The fourth-order valence-corrected chi connectivity index (χ4v) is 3.68. The Morgan fingerprint density at radius 2 is 1.94 bits per heavy atom. The molecule has 0 amide bonds. The van der Waals surface area contributed by atoms with Crippen LogP contribution in [0, 0.1) is 5.92 Å². The van der Waals surface area contributed by atoms with Crippen LogP contribution in [-0.4, -0.2) is 55.2 Å². The van der Waals surface area contributed by atoms with Crippen LogP contribution in [0.1, 0.15) is 37.9 Å². The first-order chi connectivity index (χ1) is 15.1. The predicted octanol–water partition coefficient (Wildman–Crippen LogP) is 3.49. The van der Waals surface area contributed by atoms with Crippen molar-refractivity contribution in [3.05, 3.63) is 59.9 Å². The average Bonchev–Trinajstić information content (AvgIpc) is 2.79. The van der Waals surface area contributed by atoms with E-state index in [1.165, 1.54) is 5.56 Å². The molecule has 1 aliphatic heterocycles. The van der Waals surface area contributed by atoms with E-state index in [-0.39, 0.29) is 0 Å². The zero-order valence-corrected chi connectivity index (χ0v) is 19.2. The van der Waals surface area contributed by atoms with Gasteiger partial charge in [0.25, 0.3) is 0 Å². The Labute approximate surface area is 187 Å². The van der Waals surface area contributed by atoms with Gasteiger partial charge in [0.05, 0.1) is 12.3 Å². The number of hydrogen-bond donors (Lipinski definition) is 2. The molecule has 0 unspecified atom stereocenters. The summed E-state index contributed by atoms with van der Waals surface area (Å²) in [6.07, 6.45) is 5.05. The highest BCUT2D eigenvalue weighted by Crippen LogP contribution is 2.14. The molecule has 6 nitrogen and oxygen atoms in total. The second-order valence-electron chi connectivity index (χ2n) is 8.61. The van der Waals surface area contributed by atoms with E-state index in [0.717, 1.165) is 69.5 Å². The van der Waals surface area contributed by atoms with Crippen LogP contribution in [-0.2, 0) is 13.0 Å². The van der Waals surface area contributed by atoms with Crippen molar-refractivity contribution < 1.29 is 4.74 Å². The summed E-state index contributed by atoms with van der Waals surface area (Å²) in [5.41, 5.74) is 2.44. The summed E-state index contributed by atoms with van der Waals surface area (Å²) in [7, 11) is 1.84. The third kappa shape index (κ3) is 8.21. The summed E-state index contributed by atoms with van der Waals surface area (Å²) in [5, 5.41) is 7.04. The first-order valence-corrected chi connectivity index (χ1v) is 11.4. The van der Waals surface area contributed by atoms with Crippen LogP contribution in [0.4, 0.5) is 0 Å². The Morgan fingerprint density at radius 1 is 1.16 bits per heavy atom. The SMILES string of the molecule is CN=C(NCCc1ccc(OCC(C)C)cc1)NC1CCN(Cc2ccccn2)CC1. The molecular weight excluding hydrogens is 386 g/mol. The monoisotopic (exact) mass is 423 g/mol. The van der Waals surface area contributed by atoms with Gasteiger partial charge in [0, 0.05) is 45.5 Å². The molecule has 1 aliphatic rings. The van der Waals surface area contributed by atoms with Crippen LogP contribution in [0.2, 0.25) is 0 Å². The fraction of sp³-hybridized carbons (Fsp3) is 0.520. The number of benzene rings is 1. The van der Waals surface area contributed by atoms with E-state index >= 15 is 0 Å². The van der Waals surface area contributed by atoms with Crippen LogP contribution in [0.5, 0.6) is 5.75 Å². The van der Waals surface area contributed by atoms with Gasteiger partial charge in [-0.15, -0.1) is 0 Å². The molecule has 0 radical (unpaired) electrons. The molecule has 2 heterocycles. The number of aromatic nitrogens is 1. The van der Waals surface area contributed by atoms with Crippen LogP contribution >= 0.6 is 0 Å². The molecule has 0 saturated carbocycles. The van der Waals surface area contributed by atoms with E-state index in [0.29, 0.717) is 12.0 Å². The van der Waals surface area contributed by atoms with Gasteiger partial charge < -0.3 is 15.4 Å². The molecule has 3 rings (SSSR count). The molecule has 1 fully saturated rings. The standard InChI is InChI=1S/C25H37N5O/c1-20(2)19-31-24-9-7-21(8-10-24)11-15-28-25(26-3)29-22-12-16-30(17-13-22)18-23-6-4-5-14-27-23/h4-10,14,20,22H,11-13,15-19H2,1-3H3,(H2,26,28,29). The third-order valence-electron chi connectivity index (χ3n) is 5.48. The summed E-state index contributed by atoms with van der Waals surface area (Å²) in [4.78, 5) is 11.3. The Kier molecular flexibility index (Phi) is 9.16. The van der Waals surface area contributed by atoms with Gasteiger partial charge in [0.15, 0.2) is 5.96 Å². The number of nitrogens with zero attached hydrogens (tertiary/aromatic N) is 3. The first-order valence-electron chi connectivity index (χ1n) is 11.4. The van der Waals surface area contributed by atoms with E-state index in [1.807, 2.05) is 19.3 Å². The highest BCUT2D eigenvalue weighted by atomic mass is 16.5. The lowest BCUT2D eigenvalue weighted by atomic mass is 10.0. The van der Waals surface area contributed by atoms with Crippen molar-refractivity contribution in [2.24, 2.45) is 10.9 Å². The van der Waals surface area contributed by atoms with E-state index in [2.05, 4.69) is 75.8 Å². The lowest BCUT2D eigenvalue weighted by Gasteiger charge is -2.32. The number of ether oxygens (including phenoxy) is 1. The van der Waals surface area contributed by atoms with Crippen molar-refractivity contribution in [3.63, 3.8) is 0 Å². The smallest absolute Gasteiger partial charge is 0.191 e. The van der Waals surface area contributed by atoms with Gasteiger partial charge in [-0.1, -0.05) is 32.0 Å². The van der Waals surface area contributed by atoms with Gasteiger partial charge in [-0.2, -0.15) is 0 Å². The lowest BCUT2D eigenvalue weighted by molar-refractivity contribution is 0.196. The number of rotatable bonds is 9. The number of nitrogens with one attached hydrogen (secondary N) is 2. The molecule has 168 valence electrons. The molecule has 0 bridgehead atoms. The average molecular weight is 424 g/mol. The maximum Gasteiger partial charge on any atom is 0.191 e. The minimum absolute atomic E-state index is 0.462. The maximum atomic E-state index is 5.76. The number of piperidine rings is 1. The largest absolute Gasteiger partial charge is 0.493 e.